The van der Waals surface area contributed by atoms with E-state index in [9.17, 15) is 13.2 Å². The molecule has 1 saturated heterocycles. The molecule has 2 aromatic rings. The van der Waals surface area contributed by atoms with Gasteiger partial charge in [0, 0.05) is 37.9 Å². The standard InChI is InChI=1S/C25H31N3O5S/c1-3-12-27-34(30,31)24-9-5-7-21(18-24)25(29)26-19-20-6-4-8-23(17-20)33-16-13-28(2)22-10-14-32-15-11-22/h1,4-9,17-18,22,27H,10-16,19H2,2H3,(H,26,29). The fourth-order valence-corrected chi connectivity index (χ4v) is 4.65. The maximum atomic E-state index is 12.6. The van der Waals surface area contributed by atoms with Crippen molar-refractivity contribution in [3.05, 3.63) is 59.7 Å². The van der Waals surface area contributed by atoms with Crippen molar-refractivity contribution in [2.45, 2.75) is 30.3 Å². The highest BCUT2D eigenvalue weighted by atomic mass is 32.2. The number of terminal acetylenes is 1. The van der Waals surface area contributed by atoms with Gasteiger partial charge in [0.1, 0.15) is 12.4 Å². The lowest BCUT2D eigenvalue weighted by Crippen LogP contribution is -2.38. The summed E-state index contributed by atoms with van der Waals surface area (Å²) in [4.78, 5) is 14.9. The normalized spacial score (nSPS) is 14.5. The number of nitrogens with one attached hydrogen (secondary N) is 2. The fraction of sp³-hybridized carbons (Fsp3) is 0.400. The van der Waals surface area contributed by atoms with Gasteiger partial charge in [0.15, 0.2) is 0 Å². The van der Waals surface area contributed by atoms with Gasteiger partial charge in [-0.1, -0.05) is 24.1 Å². The average molecular weight is 486 g/mol. The third kappa shape index (κ3) is 7.57. The molecule has 0 bridgehead atoms. The molecule has 0 radical (unpaired) electrons. The maximum absolute atomic E-state index is 12.6. The lowest BCUT2D eigenvalue weighted by atomic mass is 10.1. The molecule has 0 spiro atoms. The zero-order valence-electron chi connectivity index (χ0n) is 19.3. The molecule has 1 amide bonds. The molecule has 0 atom stereocenters. The molecule has 2 N–H and O–H groups in total. The third-order valence-electron chi connectivity index (χ3n) is 5.65. The van der Waals surface area contributed by atoms with Crippen LogP contribution in [-0.4, -0.2) is 65.2 Å². The van der Waals surface area contributed by atoms with E-state index in [4.69, 9.17) is 15.9 Å². The molecule has 3 rings (SSSR count). The van der Waals surface area contributed by atoms with Crippen LogP contribution in [0.1, 0.15) is 28.8 Å². The summed E-state index contributed by atoms with van der Waals surface area (Å²) >= 11 is 0. The van der Waals surface area contributed by atoms with Crippen molar-refractivity contribution in [2.75, 3.05) is 40.0 Å². The Labute approximate surface area is 201 Å². The summed E-state index contributed by atoms with van der Waals surface area (Å²) < 4.78 is 38.1. The monoisotopic (exact) mass is 485 g/mol. The molecule has 9 heteroatoms. The number of sulfonamides is 1. The zero-order valence-corrected chi connectivity index (χ0v) is 20.1. The van der Waals surface area contributed by atoms with Gasteiger partial charge in [-0.15, -0.1) is 6.42 Å². The lowest BCUT2D eigenvalue weighted by molar-refractivity contribution is 0.0392. The van der Waals surface area contributed by atoms with Crippen LogP contribution in [0, 0.1) is 12.3 Å². The van der Waals surface area contributed by atoms with Crippen molar-refractivity contribution in [1.29, 1.82) is 0 Å². The lowest BCUT2D eigenvalue weighted by Gasteiger charge is -2.31. The summed E-state index contributed by atoms with van der Waals surface area (Å²) in [6, 6.07) is 13.9. The predicted octanol–water partition coefficient (Wildman–Crippen LogP) is 2.02. The van der Waals surface area contributed by atoms with Crippen LogP contribution in [0.3, 0.4) is 0 Å². The van der Waals surface area contributed by atoms with Crippen molar-refractivity contribution in [3.8, 4) is 18.1 Å². The van der Waals surface area contributed by atoms with Gasteiger partial charge >= 0.3 is 0 Å². The molecule has 8 nitrogen and oxygen atoms in total. The van der Waals surface area contributed by atoms with Crippen LogP contribution in [-0.2, 0) is 21.3 Å². The van der Waals surface area contributed by atoms with Crippen LogP contribution in [0.5, 0.6) is 5.75 Å². The molecular formula is C25H31N3O5S. The van der Waals surface area contributed by atoms with Gasteiger partial charge in [-0.2, -0.15) is 4.72 Å². The smallest absolute Gasteiger partial charge is 0.251 e. The van der Waals surface area contributed by atoms with Gasteiger partial charge in [0.25, 0.3) is 5.91 Å². The zero-order chi connectivity index (χ0) is 24.4. The van der Waals surface area contributed by atoms with E-state index in [-0.39, 0.29) is 29.5 Å². The van der Waals surface area contributed by atoms with Crippen LogP contribution in [0.15, 0.2) is 53.4 Å². The Morgan fingerprint density at radius 1 is 1.21 bits per heavy atom. The first-order valence-corrected chi connectivity index (χ1v) is 12.7. The van der Waals surface area contributed by atoms with Crippen molar-refractivity contribution < 1.29 is 22.7 Å². The largest absolute Gasteiger partial charge is 0.492 e. The van der Waals surface area contributed by atoms with E-state index in [0.717, 1.165) is 43.9 Å². The minimum Gasteiger partial charge on any atom is -0.492 e. The first-order valence-electron chi connectivity index (χ1n) is 11.2. The van der Waals surface area contributed by atoms with Crippen molar-refractivity contribution in [1.82, 2.24) is 14.9 Å². The molecule has 1 aliphatic heterocycles. The maximum Gasteiger partial charge on any atom is 0.251 e. The Balaban J connectivity index is 1.51. The highest BCUT2D eigenvalue weighted by Gasteiger charge is 2.18. The first-order chi connectivity index (χ1) is 16.4. The van der Waals surface area contributed by atoms with E-state index in [1.54, 1.807) is 6.07 Å². The van der Waals surface area contributed by atoms with E-state index < -0.39 is 10.0 Å². The number of benzene rings is 2. The Morgan fingerprint density at radius 2 is 1.97 bits per heavy atom. The Bertz CT molecular complexity index is 1110. The number of hydrogen-bond acceptors (Lipinski definition) is 6. The molecule has 2 aromatic carbocycles. The summed E-state index contributed by atoms with van der Waals surface area (Å²) in [6.07, 6.45) is 7.20. The number of hydrogen-bond donors (Lipinski definition) is 2. The van der Waals surface area contributed by atoms with E-state index in [0.29, 0.717) is 12.6 Å². The molecule has 0 saturated carbocycles. The van der Waals surface area contributed by atoms with Gasteiger partial charge in [-0.25, -0.2) is 8.42 Å². The first kappa shape index (κ1) is 25.7. The minimum absolute atomic E-state index is 0.0171. The van der Waals surface area contributed by atoms with Crippen molar-refractivity contribution in [2.24, 2.45) is 0 Å². The van der Waals surface area contributed by atoms with E-state index in [1.807, 2.05) is 24.3 Å². The molecule has 182 valence electrons. The molecule has 34 heavy (non-hydrogen) atoms. The predicted molar refractivity (Wildman–Crippen MR) is 130 cm³/mol. The molecule has 0 unspecified atom stereocenters. The summed E-state index contributed by atoms with van der Waals surface area (Å²) in [6.45, 7) is 3.17. The fourth-order valence-electron chi connectivity index (χ4n) is 3.67. The number of ether oxygens (including phenoxy) is 2. The SMILES string of the molecule is C#CCNS(=O)(=O)c1cccc(C(=O)NCc2cccc(OCCN(C)C3CCOCC3)c2)c1. The number of carbonyl (C=O) groups is 1. The highest BCUT2D eigenvalue weighted by Crippen LogP contribution is 2.16. The van der Waals surface area contributed by atoms with Crippen LogP contribution < -0.4 is 14.8 Å². The third-order valence-corrected chi connectivity index (χ3v) is 7.05. The van der Waals surface area contributed by atoms with Crippen LogP contribution in [0.2, 0.25) is 0 Å². The second-order valence-electron chi connectivity index (χ2n) is 8.06. The molecule has 0 aromatic heterocycles. The summed E-state index contributed by atoms with van der Waals surface area (Å²) in [5.74, 6) is 2.58. The minimum atomic E-state index is -3.77. The number of amides is 1. The topological polar surface area (TPSA) is 97.0 Å². The molecule has 1 aliphatic rings. The van der Waals surface area contributed by atoms with E-state index in [1.165, 1.54) is 18.2 Å². The van der Waals surface area contributed by atoms with Crippen LogP contribution >= 0.6 is 0 Å². The Hall–Kier alpha value is -2.90. The summed E-state index contributed by atoms with van der Waals surface area (Å²) in [5, 5.41) is 2.82. The van der Waals surface area contributed by atoms with Crippen molar-refractivity contribution in [3.63, 3.8) is 0 Å². The molecular weight excluding hydrogens is 454 g/mol. The quantitative estimate of drug-likeness (QED) is 0.473. The summed E-state index contributed by atoms with van der Waals surface area (Å²) in [7, 11) is -1.66. The van der Waals surface area contributed by atoms with Gasteiger partial charge < -0.3 is 14.8 Å². The van der Waals surface area contributed by atoms with Crippen molar-refractivity contribution >= 4 is 15.9 Å². The summed E-state index contributed by atoms with van der Waals surface area (Å²) in [5.41, 5.74) is 1.12. The second-order valence-corrected chi connectivity index (χ2v) is 9.83. The van der Waals surface area contributed by atoms with Crippen LogP contribution in [0.4, 0.5) is 0 Å². The molecule has 1 heterocycles. The average Bonchev–Trinajstić information content (AvgIpc) is 2.87. The number of rotatable bonds is 11. The second kappa shape index (κ2) is 12.5. The Kier molecular flexibility index (Phi) is 9.48. The number of nitrogens with zero attached hydrogens (tertiary/aromatic N) is 1. The van der Waals surface area contributed by atoms with Gasteiger partial charge in [0.2, 0.25) is 10.0 Å². The number of carbonyl (C=O) groups excluding carboxylic acids is 1. The molecule has 1 fully saturated rings. The van der Waals surface area contributed by atoms with Crippen LogP contribution in [0.25, 0.3) is 0 Å². The molecule has 0 aliphatic carbocycles. The van der Waals surface area contributed by atoms with E-state index in [2.05, 4.69) is 27.9 Å². The Morgan fingerprint density at radius 3 is 2.74 bits per heavy atom. The van der Waals surface area contributed by atoms with E-state index >= 15 is 0 Å². The number of likely N-dealkylation sites (N-methyl/N-ethyl adjacent to an activating group) is 1. The van der Waals surface area contributed by atoms with Gasteiger partial charge in [0.05, 0.1) is 11.4 Å². The van der Waals surface area contributed by atoms with Gasteiger partial charge in [-0.3, -0.25) is 9.69 Å². The highest BCUT2D eigenvalue weighted by molar-refractivity contribution is 7.89. The van der Waals surface area contributed by atoms with Gasteiger partial charge in [-0.05, 0) is 55.8 Å².